The number of halogens is 1. The van der Waals surface area contributed by atoms with Gasteiger partial charge in [-0.05, 0) is 61.5 Å². The molecule has 0 saturated heterocycles. The Morgan fingerprint density at radius 3 is 2.20 bits per heavy atom. The molecule has 0 atom stereocenters. The molecule has 2 amide bonds. The summed E-state index contributed by atoms with van der Waals surface area (Å²) in [7, 11) is 1.55. The first-order chi connectivity index (χ1) is 14.5. The maximum atomic E-state index is 12.7. The average molecular weight is 425 g/mol. The molecule has 0 unspecified atom stereocenters. The maximum Gasteiger partial charge on any atom is 0.255 e. The van der Waals surface area contributed by atoms with E-state index < -0.39 is 0 Å². The molecular formula is C23H21ClN2O4. The first-order valence-corrected chi connectivity index (χ1v) is 9.67. The van der Waals surface area contributed by atoms with Crippen molar-refractivity contribution in [3.63, 3.8) is 0 Å². The zero-order valence-electron chi connectivity index (χ0n) is 16.6. The molecule has 0 heterocycles. The van der Waals surface area contributed by atoms with Crippen molar-refractivity contribution in [2.24, 2.45) is 0 Å². The highest BCUT2D eigenvalue weighted by Crippen LogP contribution is 2.27. The van der Waals surface area contributed by atoms with Gasteiger partial charge in [-0.25, -0.2) is 0 Å². The highest BCUT2D eigenvalue weighted by molar-refractivity contribution is 6.34. The lowest BCUT2D eigenvalue weighted by Gasteiger charge is -2.13. The molecule has 0 fully saturated rings. The fourth-order valence-corrected chi connectivity index (χ4v) is 2.91. The van der Waals surface area contributed by atoms with Crippen molar-refractivity contribution >= 4 is 34.8 Å². The highest BCUT2D eigenvalue weighted by Gasteiger charge is 2.14. The van der Waals surface area contributed by atoms with Crippen molar-refractivity contribution in [2.45, 2.75) is 6.92 Å². The second kappa shape index (κ2) is 9.80. The van der Waals surface area contributed by atoms with Gasteiger partial charge in [-0.15, -0.1) is 0 Å². The number of amides is 2. The third-order valence-corrected chi connectivity index (χ3v) is 4.59. The Balaban J connectivity index is 1.77. The van der Waals surface area contributed by atoms with Gasteiger partial charge < -0.3 is 20.1 Å². The van der Waals surface area contributed by atoms with Crippen LogP contribution in [0.3, 0.4) is 0 Å². The van der Waals surface area contributed by atoms with Crippen LogP contribution in [0.1, 0.15) is 27.6 Å². The standard InChI is InChI=1S/C23H21ClN2O4/c1-3-30-21-7-5-4-6-19(21)25-23(28)16-10-13-18(24)20(14-16)26-22(27)15-8-11-17(29-2)12-9-15/h4-14H,3H2,1-2H3,(H,25,28)(H,26,27). The van der Waals surface area contributed by atoms with Crippen molar-refractivity contribution < 1.29 is 19.1 Å². The molecule has 0 aromatic heterocycles. The van der Waals surface area contributed by atoms with Crippen LogP contribution in [0.25, 0.3) is 0 Å². The molecule has 0 bridgehead atoms. The molecule has 30 heavy (non-hydrogen) atoms. The molecular weight excluding hydrogens is 404 g/mol. The van der Waals surface area contributed by atoms with E-state index in [0.29, 0.717) is 45.6 Å². The van der Waals surface area contributed by atoms with Crippen LogP contribution in [0.5, 0.6) is 11.5 Å². The van der Waals surface area contributed by atoms with E-state index in [1.54, 1.807) is 61.7 Å². The number of carbonyl (C=O) groups is 2. The van der Waals surface area contributed by atoms with Crippen LogP contribution in [0.15, 0.2) is 66.7 Å². The monoisotopic (exact) mass is 424 g/mol. The number of hydrogen-bond acceptors (Lipinski definition) is 4. The normalized spacial score (nSPS) is 10.2. The van der Waals surface area contributed by atoms with Gasteiger partial charge in [0.2, 0.25) is 0 Å². The van der Waals surface area contributed by atoms with E-state index >= 15 is 0 Å². The summed E-state index contributed by atoms with van der Waals surface area (Å²) in [6, 6.07) is 18.5. The lowest BCUT2D eigenvalue weighted by molar-refractivity contribution is 0.101. The van der Waals surface area contributed by atoms with Gasteiger partial charge in [0.05, 0.1) is 30.1 Å². The van der Waals surface area contributed by atoms with Crippen molar-refractivity contribution in [2.75, 3.05) is 24.4 Å². The molecule has 0 spiro atoms. The van der Waals surface area contributed by atoms with Crippen LogP contribution in [0, 0.1) is 0 Å². The van der Waals surface area contributed by atoms with E-state index in [2.05, 4.69) is 10.6 Å². The number of ether oxygens (including phenoxy) is 2. The molecule has 3 aromatic rings. The fraction of sp³-hybridized carbons (Fsp3) is 0.130. The predicted molar refractivity (Wildman–Crippen MR) is 118 cm³/mol. The summed E-state index contributed by atoms with van der Waals surface area (Å²) in [6.07, 6.45) is 0. The first-order valence-electron chi connectivity index (χ1n) is 9.30. The summed E-state index contributed by atoms with van der Waals surface area (Å²) in [4.78, 5) is 25.3. The van der Waals surface area contributed by atoms with Gasteiger partial charge in [-0.1, -0.05) is 23.7 Å². The summed E-state index contributed by atoms with van der Waals surface area (Å²) < 4.78 is 10.6. The second-order valence-corrected chi connectivity index (χ2v) is 6.67. The van der Waals surface area contributed by atoms with Crippen LogP contribution in [0.4, 0.5) is 11.4 Å². The number of methoxy groups -OCH3 is 1. The zero-order chi connectivity index (χ0) is 21.5. The number of benzene rings is 3. The van der Waals surface area contributed by atoms with Crippen LogP contribution in [-0.2, 0) is 0 Å². The largest absolute Gasteiger partial charge is 0.497 e. The molecule has 6 nitrogen and oxygen atoms in total. The molecule has 2 N–H and O–H groups in total. The van der Waals surface area contributed by atoms with Crippen molar-refractivity contribution in [3.05, 3.63) is 82.9 Å². The van der Waals surface area contributed by atoms with Gasteiger partial charge in [-0.3, -0.25) is 9.59 Å². The molecule has 154 valence electrons. The number of carbonyl (C=O) groups excluding carboxylic acids is 2. The van der Waals surface area contributed by atoms with Gasteiger partial charge in [-0.2, -0.15) is 0 Å². The lowest BCUT2D eigenvalue weighted by Crippen LogP contribution is -2.15. The van der Waals surface area contributed by atoms with E-state index in [1.165, 1.54) is 6.07 Å². The van der Waals surface area contributed by atoms with Crippen LogP contribution >= 0.6 is 11.6 Å². The van der Waals surface area contributed by atoms with Gasteiger partial charge in [0.15, 0.2) is 0 Å². The minimum atomic E-state index is -0.348. The third-order valence-electron chi connectivity index (χ3n) is 4.26. The Morgan fingerprint density at radius 1 is 0.867 bits per heavy atom. The Kier molecular flexibility index (Phi) is 6.93. The van der Waals surface area contributed by atoms with Crippen molar-refractivity contribution in [3.8, 4) is 11.5 Å². The SMILES string of the molecule is CCOc1ccccc1NC(=O)c1ccc(Cl)c(NC(=O)c2ccc(OC)cc2)c1. The molecule has 0 saturated carbocycles. The van der Waals surface area contributed by atoms with E-state index in [4.69, 9.17) is 21.1 Å². The molecule has 3 rings (SSSR count). The van der Waals surface area contributed by atoms with Crippen LogP contribution < -0.4 is 20.1 Å². The third kappa shape index (κ3) is 5.10. The fourth-order valence-electron chi connectivity index (χ4n) is 2.74. The molecule has 0 aliphatic heterocycles. The predicted octanol–water partition coefficient (Wildman–Crippen LogP) is 5.25. The molecule has 0 aliphatic rings. The summed E-state index contributed by atoms with van der Waals surface area (Å²) in [5.41, 5.74) is 1.68. The van der Waals surface area contributed by atoms with Crippen molar-refractivity contribution in [1.82, 2.24) is 0 Å². The van der Waals surface area contributed by atoms with E-state index in [-0.39, 0.29) is 11.8 Å². The van der Waals surface area contributed by atoms with Gasteiger partial charge in [0, 0.05) is 11.1 Å². The molecule has 0 radical (unpaired) electrons. The Hall–Kier alpha value is -3.51. The summed E-state index contributed by atoms with van der Waals surface area (Å²) in [5, 5.41) is 5.88. The van der Waals surface area contributed by atoms with Gasteiger partial charge in [0.1, 0.15) is 11.5 Å². The number of nitrogens with one attached hydrogen (secondary N) is 2. The zero-order valence-corrected chi connectivity index (χ0v) is 17.3. The minimum absolute atomic E-state index is 0.322. The first kappa shape index (κ1) is 21.2. The quantitative estimate of drug-likeness (QED) is 0.543. The second-order valence-electron chi connectivity index (χ2n) is 6.26. The van der Waals surface area contributed by atoms with Crippen LogP contribution in [-0.4, -0.2) is 25.5 Å². The average Bonchev–Trinajstić information content (AvgIpc) is 2.76. The molecule has 3 aromatic carbocycles. The number of para-hydroxylation sites is 2. The van der Waals surface area contributed by atoms with Crippen molar-refractivity contribution in [1.29, 1.82) is 0 Å². The summed E-state index contributed by atoms with van der Waals surface area (Å²) >= 11 is 6.22. The van der Waals surface area contributed by atoms with E-state index in [0.717, 1.165) is 0 Å². The Morgan fingerprint density at radius 2 is 1.50 bits per heavy atom. The number of rotatable bonds is 7. The Bertz CT molecular complexity index is 1050. The molecule has 7 heteroatoms. The Labute approximate surface area is 179 Å². The van der Waals surface area contributed by atoms with E-state index in [1.807, 2.05) is 13.0 Å². The lowest BCUT2D eigenvalue weighted by atomic mass is 10.1. The number of anilines is 2. The smallest absolute Gasteiger partial charge is 0.255 e. The number of hydrogen-bond donors (Lipinski definition) is 2. The maximum absolute atomic E-state index is 12.7. The van der Waals surface area contributed by atoms with Crippen LogP contribution in [0.2, 0.25) is 5.02 Å². The van der Waals surface area contributed by atoms with E-state index in [9.17, 15) is 9.59 Å². The van der Waals surface area contributed by atoms with Gasteiger partial charge >= 0.3 is 0 Å². The minimum Gasteiger partial charge on any atom is -0.497 e. The highest BCUT2D eigenvalue weighted by atomic mass is 35.5. The van der Waals surface area contributed by atoms with Gasteiger partial charge in [0.25, 0.3) is 11.8 Å². The summed E-state index contributed by atoms with van der Waals surface area (Å²) in [6.45, 7) is 2.35. The topological polar surface area (TPSA) is 76.7 Å². The summed E-state index contributed by atoms with van der Waals surface area (Å²) in [5.74, 6) is 0.531. The molecule has 0 aliphatic carbocycles.